The van der Waals surface area contributed by atoms with Crippen LogP contribution >= 0.6 is 56.8 Å². The molecule has 3 aromatic carbocycles. The maximum Gasteiger partial charge on any atom is 0.266 e. The van der Waals surface area contributed by atoms with Crippen molar-refractivity contribution in [2.75, 3.05) is 5.32 Å². The topological polar surface area (TPSA) is 62.1 Å². The van der Waals surface area contributed by atoms with Gasteiger partial charge >= 0.3 is 0 Å². The number of hydrogen-bond donors (Lipinski definition) is 1. The summed E-state index contributed by atoms with van der Waals surface area (Å²) in [5.41, 5.74) is 2.80. The molecule has 0 atom stereocenters. The van der Waals surface area contributed by atoms with Crippen LogP contribution in [0.3, 0.4) is 0 Å². The Kier molecular flexibility index (Phi) is 8.51. The van der Waals surface area contributed by atoms with E-state index >= 15 is 0 Å². The number of ether oxygens (including phenoxy) is 1. The first-order chi connectivity index (χ1) is 15.3. The molecule has 32 heavy (non-hydrogen) atoms. The van der Waals surface area contributed by atoms with Gasteiger partial charge in [-0.1, -0.05) is 29.8 Å². The molecule has 0 aliphatic rings. The molecule has 3 aromatic rings. The quantitative estimate of drug-likeness (QED) is 0.172. The average molecular weight is 673 g/mol. The van der Waals surface area contributed by atoms with Crippen molar-refractivity contribution in [3.63, 3.8) is 0 Å². The van der Waals surface area contributed by atoms with Gasteiger partial charge in [-0.15, -0.1) is 0 Å². The molecule has 3 rings (SSSR count). The Hall–Kier alpha value is -2.16. The summed E-state index contributed by atoms with van der Waals surface area (Å²) in [5, 5.41) is 12.8. The zero-order chi connectivity index (χ0) is 23.3. The van der Waals surface area contributed by atoms with Gasteiger partial charge in [-0.25, -0.2) is 4.39 Å². The maximum atomic E-state index is 13.1. The molecule has 1 N–H and O–H groups in total. The lowest BCUT2D eigenvalue weighted by molar-refractivity contribution is -0.112. The summed E-state index contributed by atoms with van der Waals surface area (Å²) in [4.78, 5) is 12.6. The fraction of sp³-hybridized carbons (Fsp3) is 0.0833. The van der Waals surface area contributed by atoms with Crippen molar-refractivity contribution in [2.24, 2.45) is 0 Å². The maximum absolute atomic E-state index is 13.1. The number of carbonyl (C=O) groups excluding carboxylic acids is 1. The number of nitriles is 1. The molecule has 0 spiro atoms. The van der Waals surface area contributed by atoms with Crippen LogP contribution in [0.15, 0.2) is 60.2 Å². The molecule has 8 heteroatoms. The van der Waals surface area contributed by atoms with Crippen molar-refractivity contribution < 1.29 is 13.9 Å². The normalized spacial score (nSPS) is 11.1. The van der Waals surface area contributed by atoms with Gasteiger partial charge in [-0.3, -0.25) is 4.79 Å². The Morgan fingerprint density at radius 1 is 1.19 bits per heavy atom. The van der Waals surface area contributed by atoms with E-state index < -0.39 is 5.91 Å². The van der Waals surface area contributed by atoms with Crippen LogP contribution in [0.1, 0.15) is 16.7 Å². The molecular weight excluding hydrogens is 657 g/mol. The third kappa shape index (κ3) is 6.21. The summed E-state index contributed by atoms with van der Waals surface area (Å²) in [6.45, 7) is 2.09. The summed E-state index contributed by atoms with van der Waals surface area (Å²) in [7, 11) is 0. The first kappa shape index (κ1) is 24.5. The number of anilines is 1. The summed E-state index contributed by atoms with van der Waals surface area (Å²) >= 11 is 10.4. The van der Waals surface area contributed by atoms with E-state index in [0.717, 1.165) is 18.3 Å². The van der Waals surface area contributed by atoms with E-state index in [0.29, 0.717) is 28.6 Å². The van der Waals surface area contributed by atoms with E-state index in [1.54, 1.807) is 37.3 Å². The van der Waals surface area contributed by atoms with E-state index in [2.05, 4.69) is 50.5 Å². The highest BCUT2D eigenvalue weighted by atomic mass is 127. The van der Waals surface area contributed by atoms with Gasteiger partial charge in [-0.05, 0) is 111 Å². The van der Waals surface area contributed by atoms with Crippen molar-refractivity contribution >= 4 is 74.5 Å². The van der Waals surface area contributed by atoms with E-state index in [1.165, 1.54) is 18.2 Å². The summed E-state index contributed by atoms with van der Waals surface area (Å²) in [6.07, 6.45) is 1.53. The molecule has 0 bridgehead atoms. The van der Waals surface area contributed by atoms with Gasteiger partial charge in [-0.2, -0.15) is 5.26 Å². The van der Waals surface area contributed by atoms with Crippen LogP contribution < -0.4 is 10.1 Å². The molecule has 0 aliphatic heterocycles. The molecule has 1 amide bonds. The molecule has 0 heterocycles. The van der Waals surface area contributed by atoms with Crippen LogP contribution in [0.25, 0.3) is 6.08 Å². The zero-order valence-corrected chi connectivity index (χ0v) is 21.8. The summed E-state index contributed by atoms with van der Waals surface area (Å²) < 4.78 is 20.6. The van der Waals surface area contributed by atoms with Crippen LogP contribution in [0, 0.1) is 31.2 Å². The van der Waals surface area contributed by atoms with Gasteiger partial charge < -0.3 is 10.1 Å². The highest BCUT2D eigenvalue weighted by Gasteiger charge is 2.14. The van der Waals surface area contributed by atoms with Crippen LogP contribution in [-0.2, 0) is 11.4 Å². The average Bonchev–Trinajstić information content (AvgIpc) is 2.76. The molecule has 0 unspecified atom stereocenters. The first-order valence-electron chi connectivity index (χ1n) is 9.33. The number of halogens is 4. The molecule has 0 aliphatic carbocycles. The second kappa shape index (κ2) is 11.1. The molecule has 0 fully saturated rings. The van der Waals surface area contributed by atoms with Crippen LogP contribution in [0.4, 0.5) is 10.1 Å². The number of benzene rings is 3. The largest absolute Gasteiger partial charge is 0.487 e. The van der Waals surface area contributed by atoms with Crippen LogP contribution in [0.5, 0.6) is 5.75 Å². The lowest BCUT2D eigenvalue weighted by Crippen LogP contribution is -2.14. The number of nitrogens with one attached hydrogen (secondary N) is 1. The van der Waals surface area contributed by atoms with E-state index in [9.17, 15) is 14.4 Å². The third-order valence-electron chi connectivity index (χ3n) is 4.51. The molecule has 162 valence electrons. The SMILES string of the molecule is Cc1c(Cl)cccc1NC(=O)/C(C#N)=C\c1cc(I)c(OCc2ccc(F)cc2)c(I)c1. The Morgan fingerprint density at radius 2 is 1.84 bits per heavy atom. The fourth-order valence-electron chi connectivity index (χ4n) is 2.78. The minimum absolute atomic E-state index is 0.0315. The lowest BCUT2D eigenvalue weighted by Gasteiger charge is -2.12. The van der Waals surface area contributed by atoms with E-state index in [1.807, 2.05) is 18.2 Å². The van der Waals surface area contributed by atoms with Crippen molar-refractivity contribution in [1.82, 2.24) is 0 Å². The number of amides is 1. The first-order valence-corrected chi connectivity index (χ1v) is 11.9. The number of hydrogen-bond acceptors (Lipinski definition) is 3. The molecule has 0 radical (unpaired) electrons. The third-order valence-corrected chi connectivity index (χ3v) is 6.52. The van der Waals surface area contributed by atoms with Crippen molar-refractivity contribution in [1.29, 1.82) is 5.26 Å². The Labute approximate surface area is 217 Å². The Balaban J connectivity index is 1.78. The second-order valence-electron chi connectivity index (χ2n) is 6.77. The van der Waals surface area contributed by atoms with Crippen LogP contribution in [0.2, 0.25) is 5.02 Å². The highest BCUT2D eigenvalue weighted by molar-refractivity contribution is 14.1. The minimum Gasteiger partial charge on any atom is -0.487 e. The smallest absolute Gasteiger partial charge is 0.266 e. The number of nitrogens with zero attached hydrogens (tertiary/aromatic N) is 1. The summed E-state index contributed by atoms with van der Waals surface area (Å²) in [5.74, 6) is -0.124. The molecule has 4 nitrogen and oxygen atoms in total. The number of carbonyl (C=O) groups is 1. The zero-order valence-electron chi connectivity index (χ0n) is 16.8. The molecule has 0 aromatic heterocycles. The predicted octanol–water partition coefficient (Wildman–Crippen LogP) is 7.12. The van der Waals surface area contributed by atoms with Gasteiger partial charge in [0.2, 0.25) is 0 Å². The van der Waals surface area contributed by atoms with Gasteiger partial charge in [0.05, 0.1) is 7.14 Å². The fourth-order valence-corrected chi connectivity index (χ4v) is 5.09. The number of rotatable bonds is 6. The van der Waals surface area contributed by atoms with Crippen LogP contribution in [-0.4, -0.2) is 5.91 Å². The second-order valence-corrected chi connectivity index (χ2v) is 9.50. The molecule has 0 saturated heterocycles. The standard InChI is InChI=1S/C24H16ClFI2N2O2/c1-14-19(25)3-2-4-22(14)30-24(31)17(12-29)9-16-10-20(27)23(21(28)11-16)32-13-15-5-7-18(26)8-6-15/h2-11H,13H2,1H3,(H,30,31)/b17-9-. The minimum atomic E-state index is -0.514. The van der Waals surface area contributed by atoms with Gasteiger partial charge in [0, 0.05) is 10.7 Å². The van der Waals surface area contributed by atoms with E-state index in [-0.39, 0.29) is 11.4 Å². The lowest BCUT2D eigenvalue weighted by atomic mass is 10.1. The highest BCUT2D eigenvalue weighted by Crippen LogP contribution is 2.31. The van der Waals surface area contributed by atoms with Gasteiger partial charge in [0.25, 0.3) is 5.91 Å². The Bertz CT molecular complexity index is 1210. The van der Waals surface area contributed by atoms with E-state index in [4.69, 9.17) is 16.3 Å². The summed E-state index contributed by atoms with van der Waals surface area (Å²) in [6, 6.07) is 16.9. The van der Waals surface area contributed by atoms with Gasteiger partial charge in [0.15, 0.2) is 0 Å². The molecule has 0 saturated carbocycles. The predicted molar refractivity (Wildman–Crippen MR) is 141 cm³/mol. The van der Waals surface area contributed by atoms with Crippen molar-refractivity contribution in [3.05, 3.63) is 94.8 Å². The van der Waals surface area contributed by atoms with Crippen molar-refractivity contribution in [3.8, 4) is 11.8 Å². The monoisotopic (exact) mass is 672 g/mol. The van der Waals surface area contributed by atoms with Crippen molar-refractivity contribution in [2.45, 2.75) is 13.5 Å². The van der Waals surface area contributed by atoms with Gasteiger partial charge in [0.1, 0.15) is 29.8 Å². The molecular formula is C24H16ClFI2N2O2. The Morgan fingerprint density at radius 3 is 2.47 bits per heavy atom.